The molecule has 1 fully saturated rings. The predicted octanol–water partition coefficient (Wildman–Crippen LogP) is 4.17. The van der Waals surface area contributed by atoms with Gasteiger partial charge in [-0.15, -0.1) is 0 Å². The number of para-hydroxylation sites is 1. The molecule has 2 aromatic heterocycles. The van der Waals surface area contributed by atoms with Gasteiger partial charge in [0.2, 0.25) is 5.91 Å². The second kappa shape index (κ2) is 8.91. The average molecular weight is 438 g/mol. The number of imidazole rings is 1. The van der Waals surface area contributed by atoms with Gasteiger partial charge in [-0.05, 0) is 62.7 Å². The van der Waals surface area contributed by atoms with Crippen molar-refractivity contribution < 1.29 is 9.59 Å². The molecule has 31 heavy (non-hydrogen) atoms. The largest absolute Gasteiger partial charge is 0.322 e. The zero-order valence-electron chi connectivity index (χ0n) is 17.3. The molecule has 1 aromatic carbocycles. The number of anilines is 2. The van der Waals surface area contributed by atoms with Crippen molar-refractivity contribution in [3.05, 3.63) is 71.7 Å². The van der Waals surface area contributed by atoms with E-state index in [1.165, 1.54) is 12.3 Å². The van der Waals surface area contributed by atoms with E-state index in [2.05, 4.69) is 34.1 Å². The quantitative estimate of drug-likeness (QED) is 0.587. The van der Waals surface area contributed by atoms with Crippen molar-refractivity contribution >= 4 is 40.4 Å². The Bertz CT molecular complexity index is 1150. The summed E-state index contributed by atoms with van der Waals surface area (Å²) in [6.07, 6.45) is 6.62. The van der Waals surface area contributed by atoms with Gasteiger partial charge in [0.05, 0.1) is 16.9 Å². The second-order valence-electron chi connectivity index (χ2n) is 7.72. The van der Waals surface area contributed by atoms with Crippen LogP contribution >= 0.6 is 11.6 Å². The Morgan fingerprint density at radius 2 is 1.94 bits per heavy atom. The first-order valence-electron chi connectivity index (χ1n) is 10.1. The third-order valence-corrected chi connectivity index (χ3v) is 5.96. The van der Waals surface area contributed by atoms with Gasteiger partial charge in [0.15, 0.2) is 0 Å². The maximum atomic E-state index is 13.0. The first-order valence-corrected chi connectivity index (χ1v) is 10.5. The topological polar surface area (TPSA) is 78.7 Å². The van der Waals surface area contributed by atoms with Crippen LogP contribution in [0.3, 0.4) is 0 Å². The summed E-state index contributed by atoms with van der Waals surface area (Å²) in [5.41, 5.74) is 3.19. The van der Waals surface area contributed by atoms with Crippen LogP contribution in [0.25, 0.3) is 5.65 Å². The minimum Gasteiger partial charge on any atom is -0.322 e. The molecule has 1 aliphatic heterocycles. The van der Waals surface area contributed by atoms with E-state index >= 15 is 0 Å². The lowest BCUT2D eigenvalue weighted by atomic mass is 9.89. The van der Waals surface area contributed by atoms with Gasteiger partial charge in [-0.25, -0.2) is 4.98 Å². The van der Waals surface area contributed by atoms with E-state index in [0.29, 0.717) is 27.7 Å². The average Bonchev–Trinajstić information content (AvgIpc) is 3.18. The molecule has 160 valence electrons. The van der Waals surface area contributed by atoms with Crippen molar-refractivity contribution in [1.29, 1.82) is 0 Å². The third-order valence-electron chi connectivity index (χ3n) is 5.63. The Kier molecular flexibility index (Phi) is 6.06. The molecule has 0 saturated carbocycles. The fourth-order valence-corrected chi connectivity index (χ4v) is 4.08. The molecule has 3 aromatic rings. The van der Waals surface area contributed by atoms with Gasteiger partial charge < -0.3 is 15.5 Å². The fraction of sp³-hybridized carbons (Fsp3) is 0.261. The van der Waals surface area contributed by atoms with Gasteiger partial charge in [-0.1, -0.05) is 30.3 Å². The number of hydrogen-bond acceptors (Lipinski definition) is 4. The number of rotatable bonds is 5. The van der Waals surface area contributed by atoms with Crippen molar-refractivity contribution in [3.63, 3.8) is 0 Å². The molecular formula is C23H24ClN5O2. The first kappa shape index (κ1) is 21.1. The number of hydrogen-bond donors (Lipinski definition) is 2. The standard InChI is InChI=1S/C23H24ClN5O2/c1-3-22(30)26-19-12-21-25-13-20(23(31)27-18-7-5-4-6-17(18)24)29(21)14-16(19)15-8-10-28(2)11-9-15/h3-7,12-15H,1,8-11H2,2H3,(H,26,30)(H,27,31). The Hall–Kier alpha value is -3.16. The van der Waals surface area contributed by atoms with Crippen molar-refractivity contribution in [2.24, 2.45) is 0 Å². The SMILES string of the molecule is C=CC(=O)Nc1cc2ncc(C(=O)Nc3ccccc3Cl)n2cc1C1CCN(C)CC1. The van der Waals surface area contributed by atoms with Gasteiger partial charge >= 0.3 is 0 Å². The lowest BCUT2D eigenvalue weighted by Crippen LogP contribution is -2.29. The number of aromatic nitrogens is 2. The van der Waals surface area contributed by atoms with Gasteiger partial charge in [-0.2, -0.15) is 0 Å². The van der Waals surface area contributed by atoms with Crippen LogP contribution < -0.4 is 10.6 Å². The molecule has 0 bridgehead atoms. The van der Waals surface area contributed by atoms with Gasteiger partial charge in [-0.3, -0.25) is 14.0 Å². The predicted molar refractivity (Wildman–Crippen MR) is 123 cm³/mol. The van der Waals surface area contributed by atoms with Crippen LogP contribution in [-0.2, 0) is 4.79 Å². The minimum absolute atomic E-state index is 0.266. The van der Waals surface area contributed by atoms with Crippen LogP contribution in [0, 0.1) is 0 Å². The van der Waals surface area contributed by atoms with Crippen molar-refractivity contribution in [3.8, 4) is 0 Å². The van der Waals surface area contributed by atoms with E-state index in [-0.39, 0.29) is 17.7 Å². The number of halogens is 1. The van der Waals surface area contributed by atoms with Crippen LogP contribution in [0.2, 0.25) is 5.02 Å². The van der Waals surface area contributed by atoms with Gasteiger partial charge in [0.25, 0.3) is 5.91 Å². The van der Waals surface area contributed by atoms with E-state index in [0.717, 1.165) is 31.5 Å². The number of carbonyl (C=O) groups is 2. The molecule has 2 amide bonds. The van der Waals surface area contributed by atoms with Gasteiger partial charge in [0, 0.05) is 18.0 Å². The molecule has 0 atom stereocenters. The Morgan fingerprint density at radius 3 is 2.65 bits per heavy atom. The number of fused-ring (bicyclic) bond motifs is 1. The van der Waals surface area contributed by atoms with Crippen LogP contribution in [0.15, 0.2) is 55.4 Å². The molecule has 0 spiro atoms. The minimum atomic E-state index is -0.308. The number of piperidine rings is 1. The maximum absolute atomic E-state index is 13.0. The smallest absolute Gasteiger partial charge is 0.274 e. The fourth-order valence-electron chi connectivity index (χ4n) is 3.89. The summed E-state index contributed by atoms with van der Waals surface area (Å²) < 4.78 is 1.77. The maximum Gasteiger partial charge on any atom is 0.274 e. The zero-order valence-corrected chi connectivity index (χ0v) is 18.0. The highest BCUT2D eigenvalue weighted by Crippen LogP contribution is 2.34. The van der Waals surface area contributed by atoms with Crippen LogP contribution in [0.4, 0.5) is 11.4 Å². The number of benzene rings is 1. The van der Waals surface area contributed by atoms with E-state index in [1.54, 1.807) is 28.7 Å². The molecule has 0 aliphatic carbocycles. The number of pyridine rings is 1. The van der Waals surface area contributed by atoms with Crippen molar-refractivity contribution in [1.82, 2.24) is 14.3 Å². The number of nitrogens with zero attached hydrogens (tertiary/aromatic N) is 3. The highest BCUT2D eigenvalue weighted by atomic mass is 35.5. The molecule has 8 heteroatoms. The monoisotopic (exact) mass is 437 g/mol. The zero-order chi connectivity index (χ0) is 22.0. The summed E-state index contributed by atoms with van der Waals surface area (Å²) in [4.78, 5) is 31.6. The molecule has 7 nitrogen and oxygen atoms in total. The molecule has 0 unspecified atom stereocenters. The number of amides is 2. The molecule has 2 N–H and O–H groups in total. The summed E-state index contributed by atoms with van der Waals surface area (Å²) in [6.45, 7) is 5.49. The van der Waals surface area contributed by atoms with Crippen LogP contribution in [-0.4, -0.2) is 46.2 Å². The highest BCUT2D eigenvalue weighted by molar-refractivity contribution is 6.33. The summed E-state index contributed by atoms with van der Waals surface area (Å²) in [6, 6.07) is 8.89. The Morgan fingerprint density at radius 1 is 1.19 bits per heavy atom. The third kappa shape index (κ3) is 4.47. The van der Waals surface area contributed by atoms with E-state index in [9.17, 15) is 9.59 Å². The molecular weight excluding hydrogens is 414 g/mol. The first-order chi connectivity index (χ1) is 15.0. The van der Waals surface area contributed by atoms with Gasteiger partial charge in [0.1, 0.15) is 11.3 Å². The Labute approximate surface area is 185 Å². The summed E-state index contributed by atoms with van der Waals surface area (Å²) >= 11 is 6.18. The normalized spacial score (nSPS) is 15.0. The number of carbonyl (C=O) groups excluding carboxylic acids is 2. The summed E-state index contributed by atoms with van der Waals surface area (Å²) in [7, 11) is 2.10. The summed E-state index contributed by atoms with van der Waals surface area (Å²) in [5.74, 6) is -0.317. The molecule has 3 heterocycles. The summed E-state index contributed by atoms with van der Waals surface area (Å²) in [5, 5.41) is 6.21. The molecule has 1 saturated heterocycles. The number of likely N-dealkylation sites (tertiary alicyclic amines) is 1. The van der Waals surface area contributed by atoms with Crippen molar-refractivity contribution in [2.45, 2.75) is 18.8 Å². The number of nitrogens with one attached hydrogen (secondary N) is 2. The van der Waals surface area contributed by atoms with E-state index in [4.69, 9.17) is 11.6 Å². The Balaban J connectivity index is 1.72. The highest BCUT2D eigenvalue weighted by Gasteiger charge is 2.24. The van der Waals surface area contributed by atoms with Crippen LogP contribution in [0.1, 0.15) is 34.8 Å². The molecule has 4 rings (SSSR count). The van der Waals surface area contributed by atoms with E-state index < -0.39 is 0 Å². The molecule has 1 aliphatic rings. The van der Waals surface area contributed by atoms with Crippen molar-refractivity contribution in [2.75, 3.05) is 30.8 Å². The van der Waals surface area contributed by atoms with Crippen LogP contribution in [0.5, 0.6) is 0 Å². The van der Waals surface area contributed by atoms with E-state index in [1.807, 2.05) is 12.3 Å². The lowest BCUT2D eigenvalue weighted by molar-refractivity contribution is -0.111. The second-order valence-corrected chi connectivity index (χ2v) is 8.13. The molecule has 0 radical (unpaired) electrons. The lowest BCUT2D eigenvalue weighted by Gasteiger charge is -2.30.